The zero-order chi connectivity index (χ0) is 12.4. The van der Waals surface area contributed by atoms with Crippen LogP contribution >= 0.6 is 15.9 Å². The molecular weight excluding hydrogens is 290 g/mol. The van der Waals surface area contributed by atoms with Gasteiger partial charge in [-0.05, 0) is 35.0 Å². The highest BCUT2D eigenvalue weighted by atomic mass is 79.9. The van der Waals surface area contributed by atoms with Gasteiger partial charge in [-0.25, -0.2) is 0 Å². The van der Waals surface area contributed by atoms with Crippen LogP contribution in [0.5, 0.6) is 0 Å². The third kappa shape index (κ3) is 2.88. The molecule has 1 amide bonds. The highest BCUT2D eigenvalue weighted by Crippen LogP contribution is 2.18. The summed E-state index contributed by atoms with van der Waals surface area (Å²) in [6, 6.07) is 3.31. The second kappa shape index (κ2) is 5.20. The van der Waals surface area contributed by atoms with Gasteiger partial charge in [-0.2, -0.15) is 0 Å². The molecule has 0 aliphatic carbocycles. The summed E-state index contributed by atoms with van der Waals surface area (Å²) >= 11 is 3.16. The van der Waals surface area contributed by atoms with Gasteiger partial charge in [0.05, 0.1) is 18.8 Å². The van der Waals surface area contributed by atoms with Gasteiger partial charge in [0.1, 0.15) is 0 Å². The first-order valence-corrected chi connectivity index (χ1v) is 6.20. The molecule has 1 saturated heterocycles. The molecular formula is C11H14BrNO4. The summed E-state index contributed by atoms with van der Waals surface area (Å²) < 4.78 is 11.2. The Kier molecular flexibility index (Phi) is 3.86. The molecule has 0 aromatic carbocycles. The fraction of sp³-hybridized carbons (Fsp3) is 0.545. The molecule has 2 unspecified atom stereocenters. The van der Waals surface area contributed by atoms with Crippen molar-refractivity contribution in [3.05, 3.63) is 22.6 Å². The lowest BCUT2D eigenvalue weighted by molar-refractivity contribution is -0.0863. The van der Waals surface area contributed by atoms with Crippen molar-refractivity contribution in [1.29, 1.82) is 0 Å². The number of furan rings is 1. The van der Waals surface area contributed by atoms with Gasteiger partial charge >= 0.3 is 0 Å². The zero-order valence-electron chi connectivity index (χ0n) is 9.43. The van der Waals surface area contributed by atoms with E-state index in [2.05, 4.69) is 15.9 Å². The fourth-order valence-corrected chi connectivity index (χ4v) is 2.20. The number of carbonyl (C=O) groups excluding carboxylic acids is 1. The third-order valence-electron chi connectivity index (χ3n) is 2.60. The molecule has 2 atom stereocenters. The van der Waals surface area contributed by atoms with E-state index in [0.717, 1.165) is 0 Å². The van der Waals surface area contributed by atoms with Gasteiger partial charge in [0.15, 0.2) is 10.4 Å². The number of hydrogen-bond donors (Lipinski definition) is 1. The molecule has 0 radical (unpaired) electrons. The molecule has 1 N–H and O–H groups in total. The molecule has 94 valence electrons. The van der Waals surface area contributed by atoms with Crippen LogP contribution < -0.4 is 0 Å². The minimum absolute atomic E-state index is 0.0803. The lowest BCUT2D eigenvalue weighted by atomic mass is 10.2. The Labute approximate surface area is 107 Å². The largest absolute Gasteiger partial charge is 0.444 e. The third-order valence-corrected chi connectivity index (χ3v) is 3.03. The Balaban J connectivity index is 2.08. The van der Waals surface area contributed by atoms with Gasteiger partial charge < -0.3 is 19.2 Å². The van der Waals surface area contributed by atoms with Crippen LogP contribution in [0.25, 0.3) is 0 Å². The van der Waals surface area contributed by atoms with Gasteiger partial charge in [-0.1, -0.05) is 0 Å². The van der Waals surface area contributed by atoms with Crippen molar-refractivity contribution in [3.8, 4) is 0 Å². The molecule has 1 aliphatic heterocycles. The average molecular weight is 304 g/mol. The number of carbonyl (C=O) groups is 1. The van der Waals surface area contributed by atoms with Crippen LogP contribution in [0.1, 0.15) is 17.5 Å². The van der Waals surface area contributed by atoms with Crippen LogP contribution in [0.3, 0.4) is 0 Å². The summed E-state index contributed by atoms with van der Waals surface area (Å²) in [5, 5.41) is 9.09. The fourth-order valence-electron chi connectivity index (χ4n) is 1.90. The van der Waals surface area contributed by atoms with E-state index in [1.807, 2.05) is 6.92 Å². The normalized spacial score (nSPS) is 25.0. The monoisotopic (exact) mass is 303 g/mol. The molecule has 0 bridgehead atoms. The number of amides is 1. The molecule has 0 saturated carbocycles. The van der Waals surface area contributed by atoms with Gasteiger partial charge in [-0.15, -0.1) is 0 Å². The van der Waals surface area contributed by atoms with E-state index in [9.17, 15) is 4.79 Å². The predicted molar refractivity (Wildman–Crippen MR) is 63.7 cm³/mol. The van der Waals surface area contributed by atoms with Crippen molar-refractivity contribution >= 4 is 21.8 Å². The summed E-state index contributed by atoms with van der Waals surface area (Å²) in [6.07, 6.45) is -0.399. The lowest BCUT2D eigenvalue weighted by Crippen LogP contribution is -2.50. The Bertz CT molecular complexity index is 406. The number of hydrogen-bond acceptors (Lipinski definition) is 4. The zero-order valence-corrected chi connectivity index (χ0v) is 11.0. The van der Waals surface area contributed by atoms with Crippen molar-refractivity contribution in [3.63, 3.8) is 0 Å². The van der Waals surface area contributed by atoms with Crippen molar-refractivity contribution in [2.24, 2.45) is 0 Å². The van der Waals surface area contributed by atoms with Crippen molar-refractivity contribution in [1.82, 2.24) is 4.90 Å². The number of rotatable bonds is 2. The van der Waals surface area contributed by atoms with Gasteiger partial charge in [0, 0.05) is 13.1 Å². The average Bonchev–Trinajstić information content (AvgIpc) is 2.74. The Morgan fingerprint density at radius 3 is 2.94 bits per heavy atom. The minimum Gasteiger partial charge on any atom is -0.444 e. The summed E-state index contributed by atoms with van der Waals surface area (Å²) in [4.78, 5) is 13.7. The van der Waals surface area contributed by atoms with E-state index in [4.69, 9.17) is 14.3 Å². The summed E-state index contributed by atoms with van der Waals surface area (Å²) in [5.41, 5.74) is 0. The molecule has 0 spiro atoms. The van der Waals surface area contributed by atoms with E-state index in [1.165, 1.54) is 0 Å². The number of aliphatic hydroxyl groups excluding tert-OH is 1. The van der Waals surface area contributed by atoms with Crippen LogP contribution in [0.15, 0.2) is 21.2 Å². The van der Waals surface area contributed by atoms with Crippen molar-refractivity contribution in [2.45, 2.75) is 19.1 Å². The summed E-state index contributed by atoms with van der Waals surface area (Å²) in [6.45, 7) is 2.68. The van der Waals surface area contributed by atoms with Crippen LogP contribution in [-0.4, -0.2) is 47.8 Å². The number of aliphatic hydroxyl groups is 1. The van der Waals surface area contributed by atoms with Gasteiger partial charge in [0.25, 0.3) is 5.91 Å². The quantitative estimate of drug-likeness (QED) is 0.893. The van der Waals surface area contributed by atoms with Gasteiger partial charge in [0.2, 0.25) is 0 Å². The highest BCUT2D eigenvalue weighted by Gasteiger charge is 2.29. The topological polar surface area (TPSA) is 62.9 Å². The Morgan fingerprint density at radius 2 is 2.35 bits per heavy atom. The molecule has 2 heterocycles. The van der Waals surface area contributed by atoms with Crippen molar-refractivity contribution in [2.75, 3.05) is 19.7 Å². The van der Waals surface area contributed by atoms with Crippen LogP contribution in [0.2, 0.25) is 0 Å². The molecule has 1 fully saturated rings. The molecule has 17 heavy (non-hydrogen) atoms. The molecule has 2 rings (SSSR count). The van der Waals surface area contributed by atoms with Crippen LogP contribution in [0, 0.1) is 0 Å². The summed E-state index contributed by atoms with van der Waals surface area (Å²) in [5.74, 6) is 0.118. The molecule has 1 aromatic heterocycles. The van der Waals surface area contributed by atoms with E-state index >= 15 is 0 Å². The van der Waals surface area contributed by atoms with Crippen molar-refractivity contribution < 1.29 is 19.1 Å². The number of ether oxygens (including phenoxy) is 1. The standard InChI is InChI=1S/C11H14BrNO4/c1-7-4-13(5-8(6-14)16-7)11(15)9-2-3-10(12)17-9/h2-3,7-8,14H,4-6H2,1H3. The Morgan fingerprint density at radius 1 is 1.59 bits per heavy atom. The summed E-state index contributed by atoms with van der Waals surface area (Å²) in [7, 11) is 0. The van der Waals surface area contributed by atoms with Gasteiger partial charge in [-0.3, -0.25) is 4.79 Å². The Hall–Kier alpha value is -0.850. The lowest BCUT2D eigenvalue weighted by Gasteiger charge is -2.35. The molecule has 1 aliphatic rings. The first-order valence-electron chi connectivity index (χ1n) is 5.41. The van der Waals surface area contributed by atoms with E-state index in [1.54, 1.807) is 17.0 Å². The number of morpholine rings is 1. The maximum Gasteiger partial charge on any atom is 0.289 e. The van der Waals surface area contributed by atoms with Crippen LogP contribution in [-0.2, 0) is 4.74 Å². The van der Waals surface area contributed by atoms with E-state index in [-0.39, 0.29) is 24.7 Å². The maximum absolute atomic E-state index is 12.1. The number of halogens is 1. The first kappa shape index (κ1) is 12.6. The number of nitrogens with zero attached hydrogens (tertiary/aromatic N) is 1. The maximum atomic E-state index is 12.1. The predicted octanol–water partition coefficient (Wildman–Crippen LogP) is 1.26. The smallest absolute Gasteiger partial charge is 0.289 e. The highest BCUT2D eigenvalue weighted by molar-refractivity contribution is 9.10. The molecule has 5 nitrogen and oxygen atoms in total. The SMILES string of the molecule is CC1CN(C(=O)c2ccc(Br)o2)CC(CO)O1. The minimum atomic E-state index is -0.318. The van der Waals surface area contributed by atoms with Crippen LogP contribution in [0.4, 0.5) is 0 Å². The second-order valence-electron chi connectivity index (χ2n) is 4.07. The molecule has 6 heteroatoms. The molecule has 1 aromatic rings. The second-order valence-corrected chi connectivity index (χ2v) is 4.85. The van der Waals surface area contributed by atoms with E-state index < -0.39 is 0 Å². The van der Waals surface area contributed by atoms with E-state index in [0.29, 0.717) is 23.5 Å². The first-order chi connectivity index (χ1) is 8.10.